The van der Waals surface area contributed by atoms with Crippen LogP contribution in [0.1, 0.15) is 30.6 Å². The molecule has 3 nitrogen and oxygen atoms in total. The molecule has 1 aliphatic heterocycles. The molecule has 1 heterocycles. The monoisotopic (exact) mass is 233 g/mol. The third-order valence-corrected chi connectivity index (χ3v) is 3.54. The molecule has 1 fully saturated rings. The molecule has 92 valence electrons. The lowest BCUT2D eigenvalue weighted by atomic mass is 9.91. The molecule has 1 aromatic carbocycles. The number of hydrogen-bond acceptors (Lipinski definition) is 2. The Balaban J connectivity index is 2.15. The van der Waals surface area contributed by atoms with Crippen molar-refractivity contribution in [1.29, 1.82) is 0 Å². The van der Waals surface area contributed by atoms with Gasteiger partial charge in [0.25, 0.3) is 5.91 Å². The van der Waals surface area contributed by atoms with E-state index in [0.29, 0.717) is 13.0 Å². The lowest BCUT2D eigenvalue weighted by Crippen LogP contribution is -2.50. The first-order valence-corrected chi connectivity index (χ1v) is 6.13. The Morgan fingerprint density at radius 3 is 2.59 bits per heavy atom. The predicted molar refractivity (Wildman–Crippen MR) is 66.7 cm³/mol. The quantitative estimate of drug-likeness (QED) is 0.805. The Labute approximate surface area is 102 Å². The molecule has 0 spiro atoms. The largest absolute Gasteiger partial charge is 0.393 e. The molecule has 1 saturated heterocycles. The summed E-state index contributed by atoms with van der Waals surface area (Å²) in [6.07, 6.45) is 0.379. The summed E-state index contributed by atoms with van der Waals surface area (Å²) < 4.78 is 0. The van der Waals surface area contributed by atoms with Crippen molar-refractivity contribution >= 4 is 5.91 Å². The highest BCUT2D eigenvalue weighted by molar-refractivity contribution is 5.94. The summed E-state index contributed by atoms with van der Waals surface area (Å²) in [6.45, 7) is 4.62. The number of aliphatic hydroxyl groups excluding tert-OH is 1. The van der Waals surface area contributed by atoms with Crippen LogP contribution in [-0.4, -0.2) is 34.6 Å². The number of carbonyl (C=O) groups is 1. The number of rotatable bonds is 1. The first-order valence-electron chi connectivity index (χ1n) is 6.13. The van der Waals surface area contributed by atoms with Crippen molar-refractivity contribution in [2.75, 3.05) is 6.54 Å². The second-order valence-corrected chi connectivity index (χ2v) is 4.95. The second-order valence-electron chi connectivity index (χ2n) is 4.95. The molecular formula is C14H19NO2. The standard InChI is InChI=1S/C14H19NO2/c1-10-9-15(11(2)8-13(10)16)14(17)12-6-4-3-5-7-12/h3-7,10-11,13,16H,8-9H2,1-2H3/t10-,11+,13+/m1/s1. The number of hydrogen-bond donors (Lipinski definition) is 1. The zero-order valence-electron chi connectivity index (χ0n) is 10.3. The van der Waals surface area contributed by atoms with Crippen LogP contribution in [0, 0.1) is 5.92 Å². The molecule has 0 unspecified atom stereocenters. The molecule has 1 aromatic rings. The van der Waals surface area contributed by atoms with Crippen molar-refractivity contribution in [2.45, 2.75) is 32.4 Å². The van der Waals surface area contributed by atoms with Crippen LogP contribution in [0.2, 0.25) is 0 Å². The van der Waals surface area contributed by atoms with Gasteiger partial charge in [-0.25, -0.2) is 0 Å². The lowest BCUT2D eigenvalue weighted by molar-refractivity contribution is 0.00829. The fourth-order valence-electron chi connectivity index (χ4n) is 2.35. The van der Waals surface area contributed by atoms with Gasteiger partial charge >= 0.3 is 0 Å². The van der Waals surface area contributed by atoms with Crippen molar-refractivity contribution < 1.29 is 9.90 Å². The number of aliphatic hydroxyl groups is 1. The van der Waals surface area contributed by atoms with Crippen molar-refractivity contribution in [3.8, 4) is 0 Å². The zero-order valence-corrected chi connectivity index (χ0v) is 10.3. The molecule has 3 heteroatoms. The van der Waals surface area contributed by atoms with Crippen LogP contribution in [0.25, 0.3) is 0 Å². The molecular weight excluding hydrogens is 214 g/mol. The fourth-order valence-corrected chi connectivity index (χ4v) is 2.35. The van der Waals surface area contributed by atoms with Gasteiger partial charge in [0.2, 0.25) is 0 Å². The summed E-state index contributed by atoms with van der Waals surface area (Å²) in [4.78, 5) is 14.2. The van der Waals surface area contributed by atoms with Gasteiger partial charge < -0.3 is 10.0 Å². The summed E-state index contributed by atoms with van der Waals surface area (Å²) in [7, 11) is 0. The van der Waals surface area contributed by atoms with Gasteiger partial charge in [-0.3, -0.25) is 4.79 Å². The zero-order chi connectivity index (χ0) is 12.4. The average Bonchev–Trinajstić information content (AvgIpc) is 2.34. The third kappa shape index (κ3) is 2.50. The smallest absolute Gasteiger partial charge is 0.254 e. The Hall–Kier alpha value is -1.35. The summed E-state index contributed by atoms with van der Waals surface area (Å²) in [5.41, 5.74) is 0.725. The SMILES string of the molecule is C[C@@H]1CN(C(=O)c2ccccc2)[C@@H](C)C[C@@H]1O. The van der Waals surface area contributed by atoms with Crippen LogP contribution < -0.4 is 0 Å². The van der Waals surface area contributed by atoms with Gasteiger partial charge in [-0.1, -0.05) is 25.1 Å². The minimum atomic E-state index is -0.287. The molecule has 3 atom stereocenters. The van der Waals surface area contributed by atoms with E-state index in [0.717, 1.165) is 5.56 Å². The van der Waals surface area contributed by atoms with E-state index in [1.807, 2.05) is 49.1 Å². The molecule has 0 saturated carbocycles. The minimum Gasteiger partial charge on any atom is -0.393 e. The predicted octanol–water partition coefficient (Wildman–Crippen LogP) is 1.92. The first kappa shape index (κ1) is 12.1. The summed E-state index contributed by atoms with van der Waals surface area (Å²) in [6, 6.07) is 9.44. The van der Waals surface area contributed by atoms with Crippen molar-refractivity contribution in [3.05, 3.63) is 35.9 Å². The van der Waals surface area contributed by atoms with Gasteiger partial charge in [0.15, 0.2) is 0 Å². The number of carbonyl (C=O) groups excluding carboxylic acids is 1. The van der Waals surface area contributed by atoms with Gasteiger partial charge in [-0.2, -0.15) is 0 Å². The minimum absolute atomic E-state index is 0.0665. The topological polar surface area (TPSA) is 40.5 Å². The molecule has 1 N–H and O–H groups in total. The number of benzene rings is 1. The van der Waals surface area contributed by atoms with Gasteiger partial charge in [0.1, 0.15) is 0 Å². The lowest BCUT2D eigenvalue weighted by Gasteiger charge is -2.39. The number of likely N-dealkylation sites (tertiary alicyclic amines) is 1. The van der Waals surface area contributed by atoms with Crippen LogP contribution in [0.3, 0.4) is 0 Å². The summed E-state index contributed by atoms with van der Waals surface area (Å²) in [5.74, 6) is 0.218. The van der Waals surface area contributed by atoms with Crippen LogP contribution in [0.5, 0.6) is 0 Å². The molecule has 2 rings (SSSR count). The molecule has 1 aliphatic rings. The number of piperidine rings is 1. The summed E-state index contributed by atoms with van der Waals surface area (Å²) >= 11 is 0. The number of amides is 1. The van der Waals surface area contributed by atoms with Crippen LogP contribution >= 0.6 is 0 Å². The first-order chi connectivity index (χ1) is 8.09. The van der Waals surface area contributed by atoms with E-state index in [1.54, 1.807) is 0 Å². The Morgan fingerprint density at radius 1 is 1.29 bits per heavy atom. The molecule has 0 bridgehead atoms. The third-order valence-electron chi connectivity index (χ3n) is 3.54. The molecule has 1 amide bonds. The van der Waals surface area contributed by atoms with Gasteiger partial charge in [-0.05, 0) is 31.4 Å². The maximum atomic E-state index is 12.3. The van der Waals surface area contributed by atoms with Gasteiger partial charge in [0, 0.05) is 18.2 Å². The van der Waals surface area contributed by atoms with Crippen LogP contribution in [-0.2, 0) is 0 Å². The maximum Gasteiger partial charge on any atom is 0.254 e. The van der Waals surface area contributed by atoms with Crippen molar-refractivity contribution in [2.24, 2.45) is 5.92 Å². The van der Waals surface area contributed by atoms with E-state index in [1.165, 1.54) is 0 Å². The van der Waals surface area contributed by atoms with E-state index < -0.39 is 0 Å². The molecule has 0 aromatic heterocycles. The van der Waals surface area contributed by atoms with Gasteiger partial charge in [0.05, 0.1) is 6.10 Å². The van der Waals surface area contributed by atoms with E-state index >= 15 is 0 Å². The van der Waals surface area contributed by atoms with Crippen molar-refractivity contribution in [1.82, 2.24) is 4.90 Å². The van der Waals surface area contributed by atoms with E-state index in [4.69, 9.17) is 0 Å². The number of nitrogens with zero attached hydrogens (tertiary/aromatic N) is 1. The Bertz CT molecular complexity index is 390. The van der Waals surface area contributed by atoms with Gasteiger partial charge in [-0.15, -0.1) is 0 Å². The second kappa shape index (κ2) is 4.88. The molecule has 0 aliphatic carbocycles. The normalized spacial score (nSPS) is 29.1. The highest BCUT2D eigenvalue weighted by atomic mass is 16.3. The summed E-state index contributed by atoms with van der Waals surface area (Å²) in [5, 5.41) is 9.78. The van der Waals surface area contributed by atoms with E-state index in [2.05, 4.69) is 0 Å². The molecule has 17 heavy (non-hydrogen) atoms. The Morgan fingerprint density at radius 2 is 1.94 bits per heavy atom. The Kier molecular flexibility index (Phi) is 3.48. The van der Waals surface area contributed by atoms with Crippen molar-refractivity contribution in [3.63, 3.8) is 0 Å². The molecule has 0 radical (unpaired) electrons. The average molecular weight is 233 g/mol. The van der Waals surface area contributed by atoms with E-state index in [-0.39, 0.29) is 24.0 Å². The maximum absolute atomic E-state index is 12.3. The highest BCUT2D eigenvalue weighted by Crippen LogP contribution is 2.23. The van der Waals surface area contributed by atoms with E-state index in [9.17, 15) is 9.90 Å². The fraction of sp³-hybridized carbons (Fsp3) is 0.500. The highest BCUT2D eigenvalue weighted by Gasteiger charge is 2.32. The van der Waals surface area contributed by atoms with Crippen LogP contribution in [0.15, 0.2) is 30.3 Å². The van der Waals surface area contributed by atoms with Crippen LogP contribution in [0.4, 0.5) is 0 Å².